The van der Waals surface area contributed by atoms with Gasteiger partial charge in [-0.15, -0.1) is 0 Å². The van der Waals surface area contributed by atoms with Crippen LogP contribution in [0.5, 0.6) is 0 Å². The Labute approximate surface area is 119 Å². The second kappa shape index (κ2) is 6.52. The van der Waals surface area contributed by atoms with Crippen molar-refractivity contribution in [3.63, 3.8) is 0 Å². The molecule has 1 heterocycles. The van der Waals surface area contributed by atoms with Crippen molar-refractivity contribution in [2.24, 2.45) is 0 Å². The fraction of sp³-hybridized carbons (Fsp3) is 0.467. The van der Waals surface area contributed by atoms with Crippen LogP contribution in [-0.2, 0) is 0 Å². The first-order valence-electron chi connectivity index (χ1n) is 6.85. The number of benzene rings is 1. The summed E-state index contributed by atoms with van der Waals surface area (Å²) in [6.45, 7) is 4.16. The Morgan fingerprint density at radius 2 is 1.95 bits per heavy atom. The molecule has 0 radical (unpaired) electrons. The molecule has 1 atom stereocenters. The number of aliphatic hydroxyl groups is 1. The van der Waals surface area contributed by atoms with Gasteiger partial charge in [-0.1, -0.05) is 49.3 Å². The Kier molecular flexibility index (Phi) is 4.74. The van der Waals surface area contributed by atoms with E-state index in [-0.39, 0.29) is 18.6 Å². The van der Waals surface area contributed by atoms with Crippen molar-refractivity contribution in [3.05, 3.63) is 41.7 Å². The topological polar surface area (TPSA) is 62.4 Å². The molecule has 2 rings (SSSR count). The lowest BCUT2D eigenvalue weighted by Crippen LogP contribution is -2.25. The predicted octanol–water partition coefficient (Wildman–Crippen LogP) is 2.75. The molecule has 1 N–H and O–H groups in total. The first-order valence-corrected chi connectivity index (χ1v) is 6.85. The maximum absolute atomic E-state index is 9.29. The number of aromatic nitrogens is 2. The lowest BCUT2D eigenvalue weighted by molar-refractivity contribution is 0.272. The summed E-state index contributed by atoms with van der Waals surface area (Å²) in [6, 6.07) is 10.5. The van der Waals surface area contributed by atoms with Crippen molar-refractivity contribution in [1.82, 2.24) is 10.1 Å². The van der Waals surface area contributed by atoms with Crippen LogP contribution in [0.2, 0.25) is 0 Å². The molecular formula is C15H21N3O2. The van der Waals surface area contributed by atoms with Crippen molar-refractivity contribution in [2.45, 2.75) is 32.2 Å². The molecule has 108 valence electrons. The van der Waals surface area contributed by atoms with Gasteiger partial charge in [-0.25, -0.2) is 0 Å². The van der Waals surface area contributed by atoms with Crippen LogP contribution in [-0.4, -0.2) is 28.9 Å². The molecule has 5 heteroatoms. The quantitative estimate of drug-likeness (QED) is 0.878. The highest BCUT2D eigenvalue weighted by atomic mass is 16.5. The van der Waals surface area contributed by atoms with Gasteiger partial charge in [0.1, 0.15) is 0 Å². The van der Waals surface area contributed by atoms with Crippen LogP contribution >= 0.6 is 0 Å². The van der Waals surface area contributed by atoms with E-state index in [1.54, 1.807) is 0 Å². The Balaban J connectivity index is 2.24. The summed E-state index contributed by atoms with van der Waals surface area (Å²) in [5.74, 6) is 0.927. The van der Waals surface area contributed by atoms with E-state index in [2.05, 4.69) is 10.1 Å². The zero-order valence-corrected chi connectivity index (χ0v) is 12.2. The number of hydrogen-bond donors (Lipinski definition) is 1. The summed E-state index contributed by atoms with van der Waals surface area (Å²) in [7, 11) is 1.91. The van der Waals surface area contributed by atoms with Crippen molar-refractivity contribution in [3.8, 4) is 0 Å². The Hall–Kier alpha value is -1.88. The summed E-state index contributed by atoms with van der Waals surface area (Å²) in [5.41, 5.74) is 1.12. The molecule has 0 unspecified atom stereocenters. The van der Waals surface area contributed by atoms with Crippen molar-refractivity contribution >= 4 is 6.01 Å². The van der Waals surface area contributed by atoms with Gasteiger partial charge in [-0.2, -0.15) is 4.98 Å². The van der Waals surface area contributed by atoms with Gasteiger partial charge < -0.3 is 14.5 Å². The maximum Gasteiger partial charge on any atom is 0.324 e. The highest BCUT2D eigenvalue weighted by molar-refractivity contribution is 5.32. The number of rotatable bonds is 6. The monoisotopic (exact) mass is 275 g/mol. The number of nitrogens with zero attached hydrogens (tertiary/aromatic N) is 3. The smallest absolute Gasteiger partial charge is 0.324 e. The van der Waals surface area contributed by atoms with E-state index in [0.29, 0.717) is 18.3 Å². The Bertz CT molecular complexity index is 525. The molecule has 0 aliphatic heterocycles. The molecule has 0 bridgehead atoms. The largest absolute Gasteiger partial charge is 0.396 e. The highest BCUT2D eigenvalue weighted by Gasteiger charge is 2.22. The average molecular weight is 275 g/mol. The van der Waals surface area contributed by atoms with E-state index >= 15 is 0 Å². The molecule has 0 fully saturated rings. The Morgan fingerprint density at radius 3 is 2.50 bits per heavy atom. The van der Waals surface area contributed by atoms with E-state index < -0.39 is 0 Å². The molecule has 1 aromatic heterocycles. The van der Waals surface area contributed by atoms with Crippen molar-refractivity contribution < 1.29 is 9.63 Å². The van der Waals surface area contributed by atoms with E-state index in [4.69, 9.17) is 4.52 Å². The van der Waals surface area contributed by atoms with Gasteiger partial charge in [-0.3, -0.25) is 0 Å². The number of anilines is 1. The van der Waals surface area contributed by atoms with Gasteiger partial charge in [0.25, 0.3) is 0 Å². The second-order valence-electron chi connectivity index (χ2n) is 5.14. The van der Waals surface area contributed by atoms with Crippen molar-refractivity contribution in [2.75, 3.05) is 18.6 Å². The second-order valence-corrected chi connectivity index (χ2v) is 5.14. The molecule has 0 saturated heterocycles. The fourth-order valence-electron chi connectivity index (χ4n) is 2.12. The van der Waals surface area contributed by atoms with Crippen LogP contribution < -0.4 is 4.90 Å². The Morgan fingerprint density at radius 1 is 1.25 bits per heavy atom. The van der Waals surface area contributed by atoms with Gasteiger partial charge in [0, 0.05) is 19.6 Å². The third-order valence-electron chi connectivity index (χ3n) is 3.30. The summed E-state index contributed by atoms with van der Waals surface area (Å²) in [5, 5.41) is 13.3. The predicted molar refractivity (Wildman–Crippen MR) is 77.7 cm³/mol. The van der Waals surface area contributed by atoms with Crippen LogP contribution in [0.1, 0.15) is 43.6 Å². The lowest BCUT2D eigenvalue weighted by atomic mass is 10.0. The van der Waals surface area contributed by atoms with Crippen molar-refractivity contribution in [1.29, 1.82) is 0 Å². The van der Waals surface area contributed by atoms with E-state index in [1.165, 1.54) is 0 Å². The molecule has 1 aromatic carbocycles. The van der Waals surface area contributed by atoms with E-state index in [0.717, 1.165) is 5.56 Å². The minimum absolute atomic E-state index is 0.0154. The normalized spacial score (nSPS) is 12.7. The molecule has 20 heavy (non-hydrogen) atoms. The zero-order valence-electron chi connectivity index (χ0n) is 12.2. The molecule has 0 aliphatic carbocycles. The van der Waals surface area contributed by atoms with Crippen LogP contribution in [0.3, 0.4) is 0 Å². The molecule has 0 aliphatic rings. The van der Waals surface area contributed by atoms with E-state index in [9.17, 15) is 5.11 Å². The van der Waals surface area contributed by atoms with Crippen LogP contribution in [0.15, 0.2) is 34.9 Å². The standard InChI is InChI=1S/C15H21N3O2/c1-11(2)14-16-15(20-17-14)18(3)13(9-10-19)12-7-5-4-6-8-12/h4-8,11,13,19H,9-10H2,1-3H3/t13-/m0/s1. The molecule has 0 saturated carbocycles. The zero-order chi connectivity index (χ0) is 14.5. The number of aliphatic hydroxyl groups excluding tert-OH is 1. The summed E-state index contributed by atoms with van der Waals surface area (Å²) in [6.07, 6.45) is 0.611. The maximum atomic E-state index is 9.29. The van der Waals surface area contributed by atoms with Gasteiger partial charge in [0.2, 0.25) is 0 Å². The third-order valence-corrected chi connectivity index (χ3v) is 3.30. The summed E-state index contributed by atoms with van der Waals surface area (Å²) < 4.78 is 5.32. The van der Waals surface area contributed by atoms with Gasteiger partial charge in [0.15, 0.2) is 5.82 Å². The summed E-state index contributed by atoms with van der Waals surface area (Å²) >= 11 is 0. The van der Waals surface area contributed by atoms with Crippen LogP contribution in [0, 0.1) is 0 Å². The average Bonchev–Trinajstić information content (AvgIpc) is 2.95. The molecule has 0 spiro atoms. The van der Waals surface area contributed by atoms with Crippen LogP contribution in [0.25, 0.3) is 0 Å². The van der Waals surface area contributed by atoms with Crippen LogP contribution in [0.4, 0.5) is 6.01 Å². The molecule has 0 amide bonds. The number of hydrogen-bond acceptors (Lipinski definition) is 5. The fourth-order valence-corrected chi connectivity index (χ4v) is 2.12. The summed E-state index contributed by atoms with van der Waals surface area (Å²) in [4.78, 5) is 6.33. The third kappa shape index (κ3) is 3.17. The SMILES string of the molecule is CC(C)c1noc(N(C)[C@@H](CCO)c2ccccc2)n1. The molecule has 5 nitrogen and oxygen atoms in total. The van der Waals surface area contributed by atoms with Gasteiger partial charge >= 0.3 is 6.01 Å². The van der Waals surface area contributed by atoms with Gasteiger partial charge in [0.05, 0.1) is 6.04 Å². The first kappa shape index (κ1) is 14.5. The minimum Gasteiger partial charge on any atom is -0.396 e. The lowest BCUT2D eigenvalue weighted by Gasteiger charge is -2.26. The van der Waals surface area contributed by atoms with E-state index in [1.807, 2.05) is 56.1 Å². The molecule has 2 aromatic rings. The minimum atomic E-state index is 0.0154. The first-order chi connectivity index (χ1) is 9.63. The van der Waals surface area contributed by atoms with Gasteiger partial charge in [-0.05, 0) is 12.0 Å². The molecular weight excluding hydrogens is 254 g/mol. The highest BCUT2D eigenvalue weighted by Crippen LogP contribution is 2.27.